The molecule has 9 nitrogen and oxygen atoms in total. The fourth-order valence-corrected chi connectivity index (χ4v) is 4.46. The predicted molar refractivity (Wildman–Crippen MR) is 125 cm³/mol. The van der Waals surface area contributed by atoms with E-state index in [-0.39, 0.29) is 0 Å². The fourth-order valence-electron chi connectivity index (χ4n) is 4.10. The monoisotopic (exact) mass is 474 g/mol. The van der Waals surface area contributed by atoms with Gasteiger partial charge in [-0.05, 0) is 49.4 Å². The number of hydrogen-bond acceptors (Lipinski definition) is 9. The second-order valence-corrected chi connectivity index (χ2v) is 9.21. The first-order chi connectivity index (χ1) is 15.6. The summed E-state index contributed by atoms with van der Waals surface area (Å²) in [6.45, 7) is 0.535. The molecule has 32 heavy (non-hydrogen) atoms. The lowest BCUT2D eigenvalue weighted by atomic mass is 10.1. The van der Waals surface area contributed by atoms with Crippen LogP contribution in [-0.2, 0) is 9.22 Å². The number of aromatic nitrogens is 3. The Morgan fingerprint density at radius 3 is 3.12 bits per heavy atom. The Kier molecular flexibility index (Phi) is 6.22. The quantitative estimate of drug-likeness (QED) is 0.0939. The van der Waals surface area contributed by atoms with E-state index in [4.69, 9.17) is 36.2 Å². The molecule has 4 aromatic rings. The largest absolute Gasteiger partial charge is 0.464 e. The zero-order chi connectivity index (χ0) is 22.1. The first kappa shape index (κ1) is 21.5. The van der Waals surface area contributed by atoms with Crippen LogP contribution >= 0.6 is 23.8 Å². The Bertz CT molecular complexity index is 1230. The van der Waals surface area contributed by atoms with Crippen molar-refractivity contribution in [3.05, 3.63) is 47.8 Å². The topological polar surface area (TPSA) is 103 Å². The summed E-state index contributed by atoms with van der Waals surface area (Å²) in [6.07, 6.45) is 6.58. The molecule has 5 rings (SSSR count). The van der Waals surface area contributed by atoms with Crippen molar-refractivity contribution in [2.24, 2.45) is 11.8 Å². The Balaban J connectivity index is 1.31. The summed E-state index contributed by atoms with van der Waals surface area (Å²) in [5.74, 6) is 6.78. The van der Waals surface area contributed by atoms with Crippen molar-refractivity contribution in [1.29, 1.82) is 0 Å². The van der Waals surface area contributed by atoms with Crippen molar-refractivity contribution in [3.8, 4) is 11.3 Å². The van der Waals surface area contributed by atoms with E-state index in [0.717, 1.165) is 65.2 Å². The number of hydrogen-bond donors (Lipinski definition) is 2. The van der Waals surface area contributed by atoms with Crippen molar-refractivity contribution in [1.82, 2.24) is 19.0 Å². The van der Waals surface area contributed by atoms with Gasteiger partial charge in [-0.25, -0.2) is 9.87 Å². The standard InChI is InChI=1S/C21H23ClN6O3S/c1-27(23)32-31-30-11-13-2-4-15(8-13)25-20-6-7-24-21-10-18(26-28(20)21)17-12-29-19-5-3-14(22)9-16(17)19/h3,5-7,9-10,12-13,15,25H,2,4,8,11,23H2,1H3. The summed E-state index contributed by atoms with van der Waals surface area (Å²) in [4.78, 5) is 9.73. The van der Waals surface area contributed by atoms with Gasteiger partial charge in [0.05, 0.1) is 12.3 Å². The van der Waals surface area contributed by atoms with Gasteiger partial charge >= 0.3 is 0 Å². The molecule has 1 aliphatic rings. The van der Waals surface area contributed by atoms with E-state index in [1.165, 1.54) is 4.41 Å². The molecule has 0 saturated heterocycles. The number of hydrazine groups is 1. The summed E-state index contributed by atoms with van der Waals surface area (Å²) in [7, 11) is 1.68. The first-order valence-electron chi connectivity index (χ1n) is 10.3. The number of halogens is 1. The predicted octanol–water partition coefficient (Wildman–Crippen LogP) is 4.69. The Hall–Kier alpha value is -2.34. The van der Waals surface area contributed by atoms with Gasteiger partial charge in [0.15, 0.2) is 5.65 Å². The molecule has 168 valence electrons. The molecule has 2 atom stereocenters. The van der Waals surface area contributed by atoms with Crippen LogP contribution in [0.1, 0.15) is 19.3 Å². The minimum atomic E-state index is 0.320. The van der Waals surface area contributed by atoms with Crippen molar-refractivity contribution >= 4 is 46.3 Å². The van der Waals surface area contributed by atoms with Crippen LogP contribution in [0, 0.1) is 5.92 Å². The highest BCUT2D eigenvalue weighted by atomic mass is 35.5. The van der Waals surface area contributed by atoms with E-state index in [1.54, 1.807) is 19.5 Å². The van der Waals surface area contributed by atoms with Gasteiger partial charge in [0.2, 0.25) is 0 Å². The molecule has 2 unspecified atom stereocenters. The number of nitrogens with one attached hydrogen (secondary N) is 1. The molecule has 0 spiro atoms. The van der Waals surface area contributed by atoms with E-state index in [0.29, 0.717) is 23.6 Å². The molecular formula is C21H23ClN6O3S. The van der Waals surface area contributed by atoms with Crippen LogP contribution in [0.5, 0.6) is 0 Å². The maximum Gasteiger partial charge on any atom is 0.157 e. The Morgan fingerprint density at radius 1 is 1.34 bits per heavy atom. The van der Waals surface area contributed by atoms with Gasteiger partial charge in [0, 0.05) is 41.3 Å². The van der Waals surface area contributed by atoms with Crippen LogP contribution in [0.4, 0.5) is 5.82 Å². The third-order valence-electron chi connectivity index (χ3n) is 5.56. The van der Waals surface area contributed by atoms with Gasteiger partial charge in [-0.2, -0.15) is 14.0 Å². The molecule has 11 heteroatoms. The molecule has 0 aliphatic heterocycles. The maximum absolute atomic E-state index is 6.18. The molecule has 3 heterocycles. The molecule has 0 bridgehead atoms. The number of rotatable bonds is 8. The number of nitrogens with zero attached hydrogens (tertiary/aromatic N) is 4. The van der Waals surface area contributed by atoms with E-state index in [9.17, 15) is 0 Å². The Morgan fingerprint density at radius 2 is 2.25 bits per heavy atom. The number of fused-ring (bicyclic) bond motifs is 2. The van der Waals surface area contributed by atoms with Gasteiger partial charge < -0.3 is 9.73 Å². The average Bonchev–Trinajstić information content (AvgIpc) is 3.49. The molecular weight excluding hydrogens is 452 g/mol. The van der Waals surface area contributed by atoms with Crippen LogP contribution in [0.2, 0.25) is 5.02 Å². The first-order valence-corrected chi connectivity index (χ1v) is 11.4. The second-order valence-electron chi connectivity index (χ2n) is 7.91. The molecule has 3 aromatic heterocycles. The molecule has 1 aromatic carbocycles. The van der Waals surface area contributed by atoms with Crippen LogP contribution in [0.15, 0.2) is 47.2 Å². The number of anilines is 1. The molecule has 1 fully saturated rings. The van der Waals surface area contributed by atoms with Gasteiger partial charge in [0.1, 0.15) is 29.9 Å². The SMILES string of the molecule is CN(N)SOOCC1CCC(Nc2ccnc3cc(-c4coc5ccc(Cl)cc45)nn23)C1. The van der Waals surface area contributed by atoms with Crippen LogP contribution in [-0.4, -0.2) is 38.7 Å². The van der Waals surface area contributed by atoms with Crippen molar-refractivity contribution in [3.63, 3.8) is 0 Å². The molecule has 0 amide bonds. The zero-order valence-corrected chi connectivity index (χ0v) is 19.0. The van der Waals surface area contributed by atoms with Crippen molar-refractivity contribution in [2.45, 2.75) is 25.3 Å². The van der Waals surface area contributed by atoms with E-state index >= 15 is 0 Å². The highest BCUT2D eigenvalue weighted by Crippen LogP contribution is 2.33. The van der Waals surface area contributed by atoms with Gasteiger partial charge in [-0.3, -0.25) is 5.84 Å². The van der Waals surface area contributed by atoms with Crippen molar-refractivity contribution < 1.29 is 13.6 Å². The minimum Gasteiger partial charge on any atom is -0.464 e. The fraction of sp³-hybridized carbons (Fsp3) is 0.333. The maximum atomic E-state index is 6.18. The van der Waals surface area contributed by atoms with Gasteiger partial charge in [-0.1, -0.05) is 11.6 Å². The molecule has 1 saturated carbocycles. The number of nitrogens with two attached hydrogens (primary N) is 1. The van der Waals surface area contributed by atoms with Gasteiger partial charge in [0.25, 0.3) is 0 Å². The van der Waals surface area contributed by atoms with E-state index < -0.39 is 0 Å². The van der Waals surface area contributed by atoms with Crippen LogP contribution in [0.25, 0.3) is 27.9 Å². The lowest BCUT2D eigenvalue weighted by Crippen LogP contribution is -2.19. The normalized spacial score (nSPS) is 18.9. The van der Waals surface area contributed by atoms with E-state index in [1.807, 2.05) is 34.8 Å². The minimum absolute atomic E-state index is 0.320. The summed E-state index contributed by atoms with van der Waals surface area (Å²) >= 11 is 7.15. The average molecular weight is 475 g/mol. The second kappa shape index (κ2) is 9.26. The zero-order valence-electron chi connectivity index (χ0n) is 17.4. The summed E-state index contributed by atoms with van der Waals surface area (Å²) in [6, 6.07) is 9.77. The summed E-state index contributed by atoms with van der Waals surface area (Å²) < 4.78 is 13.9. The van der Waals surface area contributed by atoms with Crippen LogP contribution in [0.3, 0.4) is 0 Å². The molecule has 0 radical (unpaired) electrons. The highest BCUT2D eigenvalue weighted by Gasteiger charge is 2.26. The number of benzene rings is 1. The smallest absolute Gasteiger partial charge is 0.157 e. The highest BCUT2D eigenvalue weighted by molar-refractivity contribution is 7.92. The third kappa shape index (κ3) is 4.56. The van der Waals surface area contributed by atoms with Crippen LogP contribution < -0.4 is 11.2 Å². The van der Waals surface area contributed by atoms with Gasteiger partial charge in [-0.15, -0.1) is 4.33 Å². The Labute approximate surface area is 194 Å². The molecule has 3 N–H and O–H groups in total. The molecule has 1 aliphatic carbocycles. The third-order valence-corrected chi connectivity index (χ3v) is 6.19. The van der Waals surface area contributed by atoms with E-state index in [2.05, 4.69) is 10.3 Å². The summed E-state index contributed by atoms with van der Waals surface area (Å²) in [5.41, 5.74) is 3.20. The lowest BCUT2D eigenvalue weighted by Gasteiger charge is -2.15. The lowest BCUT2D eigenvalue weighted by molar-refractivity contribution is -0.203. The summed E-state index contributed by atoms with van der Waals surface area (Å²) in [5, 5.41) is 9.99. The van der Waals surface area contributed by atoms with Crippen molar-refractivity contribution in [2.75, 3.05) is 19.0 Å². The number of furan rings is 1.